The molecule has 0 radical (unpaired) electrons. The fourth-order valence-electron chi connectivity index (χ4n) is 3.49. The average Bonchev–Trinajstić information content (AvgIpc) is 3.16. The van der Waals surface area contributed by atoms with E-state index in [1.165, 1.54) is 0 Å². The summed E-state index contributed by atoms with van der Waals surface area (Å²) in [5, 5.41) is 9.39. The van der Waals surface area contributed by atoms with Gasteiger partial charge in [-0.2, -0.15) is 5.26 Å². The molecule has 1 aliphatic heterocycles. The second-order valence-electron chi connectivity index (χ2n) is 8.03. The third kappa shape index (κ3) is 3.70. The molecule has 3 aromatic rings. The molecule has 0 fully saturated rings. The largest absolute Gasteiger partial charge is 0.384 e. The molecule has 4 rings (SSSR count). The van der Waals surface area contributed by atoms with Crippen molar-refractivity contribution in [2.45, 2.75) is 19.3 Å². The molecule has 2 aromatic heterocycles. The molecule has 6 nitrogen and oxygen atoms in total. The lowest BCUT2D eigenvalue weighted by atomic mass is 9.86. The zero-order valence-electron chi connectivity index (χ0n) is 17.4. The Kier molecular flexibility index (Phi) is 4.88. The van der Waals surface area contributed by atoms with Crippen molar-refractivity contribution in [3.63, 3.8) is 0 Å². The molecule has 0 saturated heterocycles. The SMILES string of the molecule is CN1C=C(c2cc(-c3ccc(N)nc3)ccn2)N(c2ccc(C(C)(C)C#N)cc2)C1. The summed E-state index contributed by atoms with van der Waals surface area (Å²) in [4.78, 5) is 13.2. The Hall–Kier alpha value is -3.85. The van der Waals surface area contributed by atoms with Crippen LogP contribution < -0.4 is 10.6 Å². The van der Waals surface area contributed by atoms with Gasteiger partial charge >= 0.3 is 0 Å². The van der Waals surface area contributed by atoms with Gasteiger partial charge in [-0.25, -0.2) is 4.98 Å². The van der Waals surface area contributed by atoms with Crippen molar-refractivity contribution < 1.29 is 0 Å². The molecule has 1 aliphatic rings. The molecule has 150 valence electrons. The summed E-state index contributed by atoms with van der Waals surface area (Å²) in [6.07, 6.45) is 5.69. The van der Waals surface area contributed by atoms with Gasteiger partial charge in [-0.3, -0.25) is 4.98 Å². The topological polar surface area (TPSA) is 82.1 Å². The Bertz CT molecular complexity index is 1120. The molecule has 2 N–H and O–H groups in total. The lowest BCUT2D eigenvalue weighted by Crippen LogP contribution is -2.24. The Labute approximate surface area is 176 Å². The second-order valence-corrected chi connectivity index (χ2v) is 8.03. The van der Waals surface area contributed by atoms with Crippen LogP contribution in [-0.4, -0.2) is 28.6 Å². The summed E-state index contributed by atoms with van der Waals surface area (Å²) < 4.78 is 0. The van der Waals surface area contributed by atoms with Gasteiger partial charge in [0.1, 0.15) is 5.82 Å². The molecule has 0 aliphatic carbocycles. The van der Waals surface area contributed by atoms with E-state index < -0.39 is 5.41 Å². The molecule has 0 bridgehead atoms. The molecule has 30 heavy (non-hydrogen) atoms. The normalized spacial score (nSPS) is 13.9. The van der Waals surface area contributed by atoms with E-state index in [1.807, 2.05) is 51.4 Å². The quantitative estimate of drug-likeness (QED) is 0.710. The van der Waals surface area contributed by atoms with Crippen LogP contribution in [0.2, 0.25) is 0 Å². The van der Waals surface area contributed by atoms with Crippen molar-refractivity contribution >= 4 is 17.2 Å². The van der Waals surface area contributed by atoms with Crippen LogP contribution in [-0.2, 0) is 5.41 Å². The van der Waals surface area contributed by atoms with Crippen LogP contribution in [0.15, 0.2) is 67.1 Å². The lowest BCUT2D eigenvalue weighted by Gasteiger charge is -2.24. The Morgan fingerprint density at radius 2 is 1.80 bits per heavy atom. The first-order valence-corrected chi connectivity index (χ1v) is 9.77. The molecule has 0 spiro atoms. The number of nitrogens with zero attached hydrogens (tertiary/aromatic N) is 5. The van der Waals surface area contributed by atoms with Gasteiger partial charge in [0.2, 0.25) is 0 Å². The summed E-state index contributed by atoms with van der Waals surface area (Å²) in [5.74, 6) is 0.502. The molecular formula is C24H24N6. The van der Waals surface area contributed by atoms with Crippen molar-refractivity contribution in [3.8, 4) is 17.2 Å². The highest BCUT2D eigenvalue weighted by Crippen LogP contribution is 2.33. The Balaban J connectivity index is 1.67. The number of pyridine rings is 2. The van der Waals surface area contributed by atoms with Crippen LogP contribution in [0.25, 0.3) is 16.8 Å². The van der Waals surface area contributed by atoms with Gasteiger partial charge in [-0.1, -0.05) is 12.1 Å². The Morgan fingerprint density at radius 3 is 2.47 bits per heavy atom. The van der Waals surface area contributed by atoms with Gasteiger partial charge in [0.15, 0.2) is 0 Å². The monoisotopic (exact) mass is 396 g/mol. The number of nitriles is 1. The molecule has 6 heteroatoms. The van der Waals surface area contributed by atoms with Crippen molar-refractivity contribution in [2.24, 2.45) is 0 Å². The lowest BCUT2D eigenvalue weighted by molar-refractivity contribution is 0.496. The summed E-state index contributed by atoms with van der Waals surface area (Å²) in [6, 6.07) is 18.3. The van der Waals surface area contributed by atoms with Crippen molar-refractivity contribution in [1.29, 1.82) is 5.26 Å². The zero-order valence-corrected chi connectivity index (χ0v) is 17.4. The Morgan fingerprint density at radius 1 is 1.03 bits per heavy atom. The van der Waals surface area contributed by atoms with E-state index in [0.29, 0.717) is 5.82 Å². The maximum Gasteiger partial charge on any atom is 0.123 e. The van der Waals surface area contributed by atoms with E-state index in [9.17, 15) is 5.26 Å². The first-order chi connectivity index (χ1) is 14.4. The number of aromatic nitrogens is 2. The second kappa shape index (κ2) is 7.53. The molecule has 3 heterocycles. The molecule has 0 saturated carbocycles. The fraction of sp³-hybridized carbons (Fsp3) is 0.208. The van der Waals surface area contributed by atoms with Crippen LogP contribution in [0, 0.1) is 11.3 Å². The van der Waals surface area contributed by atoms with E-state index in [4.69, 9.17) is 5.73 Å². The highest BCUT2D eigenvalue weighted by molar-refractivity contribution is 5.81. The third-order valence-electron chi connectivity index (χ3n) is 5.32. The number of nitrogens with two attached hydrogens (primary N) is 1. The maximum absolute atomic E-state index is 9.39. The predicted molar refractivity (Wildman–Crippen MR) is 120 cm³/mol. The molecule has 0 amide bonds. The molecule has 1 aromatic carbocycles. The minimum Gasteiger partial charge on any atom is -0.384 e. The summed E-state index contributed by atoms with van der Waals surface area (Å²) in [5.41, 5.74) is 11.2. The first-order valence-electron chi connectivity index (χ1n) is 9.77. The number of anilines is 2. The minimum atomic E-state index is -0.512. The average molecular weight is 396 g/mol. The van der Waals surface area contributed by atoms with Crippen LogP contribution >= 0.6 is 0 Å². The van der Waals surface area contributed by atoms with Gasteiger partial charge in [0, 0.05) is 36.9 Å². The van der Waals surface area contributed by atoms with E-state index in [2.05, 4.69) is 50.2 Å². The van der Waals surface area contributed by atoms with Crippen LogP contribution in [0.4, 0.5) is 11.5 Å². The number of hydrogen-bond donors (Lipinski definition) is 1. The van der Waals surface area contributed by atoms with E-state index in [-0.39, 0.29) is 0 Å². The number of rotatable bonds is 4. The molecule has 0 unspecified atom stereocenters. The van der Waals surface area contributed by atoms with Gasteiger partial charge in [-0.15, -0.1) is 0 Å². The summed E-state index contributed by atoms with van der Waals surface area (Å²) in [7, 11) is 2.04. The number of hydrogen-bond acceptors (Lipinski definition) is 6. The van der Waals surface area contributed by atoms with Crippen molar-refractivity contribution in [1.82, 2.24) is 14.9 Å². The summed E-state index contributed by atoms with van der Waals surface area (Å²) in [6.45, 7) is 4.59. The van der Waals surface area contributed by atoms with Crippen molar-refractivity contribution in [3.05, 3.63) is 78.4 Å². The highest BCUT2D eigenvalue weighted by Gasteiger charge is 2.24. The molecular weight excluding hydrogens is 372 g/mol. The van der Waals surface area contributed by atoms with Gasteiger partial charge < -0.3 is 15.5 Å². The van der Waals surface area contributed by atoms with Gasteiger partial charge in [-0.05, 0) is 61.4 Å². The maximum atomic E-state index is 9.39. The summed E-state index contributed by atoms with van der Waals surface area (Å²) >= 11 is 0. The zero-order chi connectivity index (χ0) is 21.3. The van der Waals surface area contributed by atoms with E-state index in [1.54, 1.807) is 12.3 Å². The standard InChI is InChI=1S/C24H24N6/c1-24(2,15-25)19-5-7-20(8-6-19)30-16-29(3)14-22(30)21-12-17(10-11-27-21)18-4-9-23(26)28-13-18/h4-14H,16H2,1-3H3,(H2,26,28). The van der Waals surface area contributed by atoms with Crippen LogP contribution in [0.5, 0.6) is 0 Å². The van der Waals surface area contributed by atoms with E-state index >= 15 is 0 Å². The third-order valence-corrected chi connectivity index (χ3v) is 5.32. The smallest absolute Gasteiger partial charge is 0.123 e. The fourth-order valence-corrected chi connectivity index (χ4v) is 3.49. The minimum absolute atomic E-state index is 0.502. The van der Waals surface area contributed by atoms with Crippen LogP contribution in [0.1, 0.15) is 25.1 Å². The van der Waals surface area contributed by atoms with Crippen molar-refractivity contribution in [2.75, 3.05) is 24.3 Å². The number of nitrogen functional groups attached to an aromatic ring is 1. The highest BCUT2D eigenvalue weighted by atomic mass is 15.3. The van der Waals surface area contributed by atoms with Gasteiger partial charge in [0.05, 0.1) is 29.5 Å². The first kappa shape index (κ1) is 19.5. The molecule has 0 atom stereocenters. The van der Waals surface area contributed by atoms with E-state index in [0.717, 1.165) is 40.4 Å². The number of benzene rings is 1. The van der Waals surface area contributed by atoms with Gasteiger partial charge in [0.25, 0.3) is 0 Å². The predicted octanol–water partition coefficient (Wildman–Crippen LogP) is 4.23. The van der Waals surface area contributed by atoms with Crippen LogP contribution in [0.3, 0.4) is 0 Å².